The fraction of sp³-hybridized carbons (Fsp3) is 0. The lowest BCUT2D eigenvalue weighted by atomic mass is 10.3. The molecule has 2 N–H and O–H groups in total. The van der Waals surface area contributed by atoms with Crippen LogP contribution in [0.25, 0.3) is 0 Å². The van der Waals surface area contributed by atoms with E-state index in [1.165, 1.54) is 6.33 Å². The first-order chi connectivity index (χ1) is 8.08. The molecule has 0 aliphatic rings. The highest BCUT2D eigenvalue weighted by molar-refractivity contribution is 6.35. The highest BCUT2D eigenvalue weighted by Gasteiger charge is 2.11. The van der Waals surface area contributed by atoms with Gasteiger partial charge in [-0.2, -0.15) is 4.98 Å². The van der Waals surface area contributed by atoms with Gasteiger partial charge in [0.05, 0.1) is 5.02 Å². The van der Waals surface area contributed by atoms with Gasteiger partial charge < -0.3 is 10.5 Å². The molecule has 0 saturated carbocycles. The summed E-state index contributed by atoms with van der Waals surface area (Å²) < 4.78 is 5.42. The molecular formula is C10H6Cl3N3O. The number of hydrogen-bond donors (Lipinski definition) is 1. The average Bonchev–Trinajstić information content (AvgIpc) is 2.28. The molecule has 17 heavy (non-hydrogen) atoms. The zero-order chi connectivity index (χ0) is 12.4. The van der Waals surface area contributed by atoms with Gasteiger partial charge in [-0.25, -0.2) is 4.98 Å². The van der Waals surface area contributed by atoms with Gasteiger partial charge in [-0.15, -0.1) is 0 Å². The second-order valence-electron chi connectivity index (χ2n) is 3.05. The third-order valence-electron chi connectivity index (χ3n) is 1.89. The lowest BCUT2D eigenvalue weighted by Gasteiger charge is -2.08. The Bertz CT molecular complexity index is 562. The van der Waals surface area contributed by atoms with E-state index in [2.05, 4.69) is 9.97 Å². The first-order valence-corrected chi connectivity index (χ1v) is 5.60. The van der Waals surface area contributed by atoms with Gasteiger partial charge in [0, 0.05) is 5.02 Å². The first kappa shape index (κ1) is 12.2. The van der Waals surface area contributed by atoms with Crippen LogP contribution in [0.4, 0.5) is 5.82 Å². The van der Waals surface area contributed by atoms with Crippen molar-refractivity contribution >= 4 is 40.6 Å². The highest BCUT2D eigenvalue weighted by atomic mass is 35.5. The molecule has 0 unspecified atom stereocenters. The molecule has 0 spiro atoms. The molecule has 0 saturated heterocycles. The maximum atomic E-state index is 5.94. The normalized spacial score (nSPS) is 10.3. The summed E-state index contributed by atoms with van der Waals surface area (Å²) in [5.41, 5.74) is 5.52. The van der Waals surface area contributed by atoms with Gasteiger partial charge in [0.25, 0.3) is 0 Å². The van der Waals surface area contributed by atoms with E-state index in [1.807, 2.05) is 0 Å². The minimum atomic E-state index is 0.138. The van der Waals surface area contributed by atoms with Crippen LogP contribution >= 0.6 is 34.8 Å². The summed E-state index contributed by atoms with van der Waals surface area (Å²) in [6.45, 7) is 0. The molecule has 0 aliphatic heterocycles. The van der Waals surface area contributed by atoms with E-state index >= 15 is 0 Å². The van der Waals surface area contributed by atoms with Crippen LogP contribution in [0.2, 0.25) is 15.1 Å². The van der Waals surface area contributed by atoms with E-state index in [0.717, 1.165) is 0 Å². The third kappa shape index (κ3) is 2.72. The summed E-state index contributed by atoms with van der Waals surface area (Å²) in [6.07, 6.45) is 1.25. The smallest absolute Gasteiger partial charge is 0.243 e. The van der Waals surface area contributed by atoms with Crippen LogP contribution in [-0.4, -0.2) is 9.97 Å². The van der Waals surface area contributed by atoms with Crippen molar-refractivity contribution in [2.75, 3.05) is 5.73 Å². The van der Waals surface area contributed by atoms with Crippen molar-refractivity contribution in [2.45, 2.75) is 0 Å². The molecule has 7 heteroatoms. The summed E-state index contributed by atoms with van der Waals surface area (Å²) in [5.74, 6) is 0.668. The fourth-order valence-electron chi connectivity index (χ4n) is 1.10. The summed E-state index contributed by atoms with van der Waals surface area (Å²) >= 11 is 17.6. The monoisotopic (exact) mass is 289 g/mol. The molecule has 2 rings (SSSR count). The van der Waals surface area contributed by atoms with Crippen LogP contribution < -0.4 is 10.5 Å². The second-order valence-corrected chi connectivity index (χ2v) is 4.28. The van der Waals surface area contributed by atoms with Crippen LogP contribution in [0, 0.1) is 0 Å². The topological polar surface area (TPSA) is 61.0 Å². The Labute approximate surface area is 112 Å². The molecule has 1 aromatic carbocycles. The van der Waals surface area contributed by atoms with E-state index in [0.29, 0.717) is 15.8 Å². The Hall–Kier alpha value is -1.23. The number of benzene rings is 1. The Morgan fingerprint density at radius 3 is 2.59 bits per heavy atom. The molecule has 0 aliphatic carbocycles. The van der Waals surface area contributed by atoms with Crippen molar-refractivity contribution in [3.63, 3.8) is 0 Å². The summed E-state index contributed by atoms with van der Waals surface area (Å²) in [7, 11) is 0. The number of rotatable bonds is 2. The molecule has 1 aromatic heterocycles. The van der Waals surface area contributed by atoms with Crippen molar-refractivity contribution in [3.05, 3.63) is 39.6 Å². The van der Waals surface area contributed by atoms with Crippen LogP contribution in [0.3, 0.4) is 0 Å². The minimum absolute atomic E-state index is 0.138. The van der Waals surface area contributed by atoms with Gasteiger partial charge in [-0.3, -0.25) is 0 Å². The van der Waals surface area contributed by atoms with Crippen molar-refractivity contribution in [1.29, 1.82) is 0 Å². The molecule has 2 aromatic rings. The van der Waals surface area contributed by atoms with Gasteiger partial charge in [-0.1, -0.05) is 34.8 Å². The number of anilines is 1. The van der Waals surface area contributed by atoms with E-state index in [1.54, 1.807) is 18.2 Å². The number of aromatic nitrogens is 2. The van der Waals surface area contributed by atoms with E-state index in [-0.39, 0.29) is 16.7 Å². The lowest BCUT2D eigenvalue weighted by Crippen LogP contribution is -1.96. The SMILES string of the molecule is Nc1ncnc(Oc2ccc(Cl)cc2Cl)c1Cl. The summed E-state index contributed by atoms with van der Waals surface area (Å²) in [5, 5.41) is 1.000. The van der Waals surface area contributed by atoms with E-state index in [9.17, 15) is 0 Å². The molecule has 1 heterocycles. The van der Waals surface area contributed by atoms with Crippen molar-refractivity contribution in [1.82, 2.24) is 9.97 Å². The quantitative estimate of drug-likeness (QED) is 0.913. The molecule has 88 valence electrons. The Balaban J connectivity index is 2.35. The maximum absolute atomic E-state index is 5.94. The third-order valence-corrected chi connectivity index (χ3v) is 2.77. The molecule has 0 radical (unpaired) electrons. The minimum Gasteiger partial charge on any atom is -0.436 e. The predicted molar refractivity (Wildman–Crippen MR) is 68.0 cm³/mol. The van der Waals surface area contributed by atoms with Crippen molar-refractivity contribution in [3.8, 4) is 11.6 Å². The van der Waals surface area contributed by atoms with Crippen LogP contribution in [-0.2, 0) is 0 Å². The Morgan fingerprint density at radius 1 is 1.12 bits per heavy atom. The molecule has 4 nitrogen and oxygen atoms in total. The standard InChI is InChI=1S/C10H6Cl3N3O/c11-5-1-2-7(6(12)3-5)17-10-8(13)9(14)15-4-16-10/h1-4H,(H2,14,15,16). The fourth-order valence-corrected chi connectivity index (χ4v) is 1.68. The summed E-state index contributed by atoms with van der Waals surface area (Å²) in [6, 6.07) is 4.80. The number of hydrogen-bond acceptors (Lipinski definition) is 4. The lowest BCUT2D eigenvalue weighted by molar-refractivity contribution is 0.462. The second kappa shape index (κ2) is 4.96. The first-order valence-electron chi connectivity index (χ1n) is 4.47. The zero-order valence-corrected chi connectivity index (χ0v) is 10.6. The molecule has 0 fully saturated rings. The molecule has 0 atom stereocenters. The van der Waals surface area contributed by atoms with Gasteiger partial charge >= 0.3 is 0 Å². The van der Waals surface area contributed by atoms with Crippen LogP contribution in [0.15, 0.2) is 24.5 Å². The molecular weight excluding hydrogens is 284 g/mol. The largest absolute Gasteiger partial charge is 0.436 e. The average molecular weight is 291 g/mol. The Morgan fingerprint density at radius 2 is 1.88 bits per heavy atom. The van der Waals surface area contributed by atoms with E-state index < -0.39 is 0 Å². The van der Waals surface area contributed by atoms with E-state index in [4.69, 9.17) is 45.3 Å². The number of nitrogens with zero attached hydrogens (tertiary/aromatic N) is 2. The number of nitrogen functional groups attached to an aromatic ring is 1. The highest BCUT2D eigenvalue weighted by Crippen LogP contribution is 2.34. The number of ether oxygens (including phenoxy) is 1. The maximum Gasteiger partial charge on any atom is 0.243 e. The van der Waals surface area contributed by atoms with Gasteiger partial charge in [0.2, 0.25) is 5.88 Å². The molecule has 0 amide bonds. The van der Waals surface area contributed by atoms with Gasteiger partial charge in [0.15, 0.2) is 0 Å². The zero-order valence-electron chi connectivity index (χ0n) is 8.32. The number of halogens is 3. The molecule has 0 bridgehead atoms. The van der Waals surface area contributed by atoms with Crippen molar-refractivity contribution < 1.29 is 4.74 Å². The summed E-state index contributed by atoms with van der Waals surface area (Å²) in [4.78, 5) is 7.58. The van der Waals surface area contributed by atoms with Crippen LogP contribution in [0.1, 0.15) is 0 Å². The van der Waals surface area contributed by atoms with Crippen molar-refractivity contribution in [2.24, 2.45) is 0 Å². The number of nitrogens with two attached hydrogens (primary N) is 1. The van der Waals surface area contributed by atoms with Gasteiger partial charge in [-0.05, 0) is 18.2 Å². The predicted octanol–water partition coefficient (Wildman–Crippen LogP) is 3.81. The van der Waals surface area contributed by atoms with Crippen LogP contribution in [0.5, 0.6) is 11.6 Å². The van der Waals surface area contributed by atoms with Gasteiger partial charge in [0.1, 0.15) is 22.9 Å². The Kier molecular flexibility index (Phi) is 3.57.